The van der Waals surface area contributed by atoms with E-state index in [0.717, 1.165) is 17.5 Å². The van der Waals surface area contributed by atoms with Crippen LogP contribution in [0.4, 0.5) is 0 Å². The maximum atomic E-state index is 10.4. The molecule has 0 radical (unpaired) electrons. The molecule has 0 aliphatic heterocycles. The van der Waals surface area contributed by atoms with E-state index < -0.39 is 6.10 Å². The number of fused-ring (bicyclic) bond motifs is 1. The standard InChI is InChI=1S/C15H17Cl2N3O2/c1-3-13-18-14(22-19-13)7-20(2)15-10-4-8(16)5-11(17)9(10)6-12(15)21/h4-5,12,15,21H,3,6-7H2,1-2H3/t12-,15-/m1/s1. The summed E-state index contributed by atoms with van der Waals surface area (Å²) in [5.74, 6) is 1.22. The van der Waals surface area contributed by atoms with Crippen LogP contribution in [0.25, 0.3) is 0 Å². The van der Waals surface area contributed by atoms with Crippen molar-refractivity contribution in [3.8, 4) is 0 Å². The number of halogens is 2. The van der Waals surface area contributed by atoms with E-state index in [1.165, 1.54) is 0 Å². The van der Waals surface area contributed by atoms with Crippen LogP contribution in [0.2, 0.25) is 10.0 Å². The van der Waals surface area contributed by atoms with Crippen LogP contribution in [0.1, 0.15) is 35.8 Å². The first-order valence-corrected chi connectivity index (χ1v) is 7.92. The molecule has 3 rings (SSSR count). The molecule has 7 heteroatoms. The molecule has 1 aliphatic carbocycles. The van der Waals surface area contributed by atoms with Crippen LogP contribution in [0, 0.1) is 0 Å². The number of aliphatic hydroxyl groups is 1. The zero-order valence-electron chi connectivity index (χ0n) is 12.4. The SMILES string of the molecule is CCc1noc(CN(C)[C@@H]2c3cc(Cl)cc(Cl)c3C[C@H]2O)n1. The van der Waals surface area contributed by atoms with E-state index in [2.05, 4.69) is 10.1 Å². The van der Waals surface area contributed by atoms with Gasteiger partial charge in [0.25, 0.3) is 0 Å². The van der Waals surface area contributed by atoms with E-state index >= 15 is 0 Å². The highest BCUT2D eigenvalue weighted by atomic mass is 35.5. The molecule has 0 saturated carbocycles. The Labute approximate surface area is 138 Å². The van der Waals surface area contributed by atoms with E-state index in [9.17, 15) is 5.11 Å². The first-order chi connectivity index (χ1) is 10.5. The Kier molecular flexibility index (Phi) is 4.41. The summed E-state index contributed by atoms with van der Waals surface area (Å²) < 4.78 is 5.22. The van der Waals surface area contributed by atoms with Crippen molar-refractivity contribution in [3.63, 3.8) is 0 Å². The number of aliphatic hydroxyl groups excluding tert-OH is 1. The topological polar surface area (TPSA) is 62.4 Å². The largest absolute Gasteiger partial charge is 0.391 e. The van der Waals surface area contributed by atoms with Gasteiger partial charge in [-0.25, -0.2) is 0 Å². The third kappa shape index (κ3) is 2.86. The summed E-state index contributed by atoms with van der Waals surface area (Å²) in [7, 11) is 1.91. The quantitative estimate of drug-likeness (QED) is 0.925. The molecule has 0 fully saturated rings. The molecule has 5 nitrogen and oxygen atoms in total. The van der Waals surface area contributed by atoms with Gasteiger partial charge in [-0.1, -0.05) is 35.3 Å². The molecule has 0 amide bonds. The number of benzene rings is 1. The van der Waals surface area contributed by atoms with E-state index in [1.807, 2.05) is 24.9 Å². The van der Waals surface area contributed by atoms with Gasteiger partial charge in [0.1, 0.15) is 0 Å². The maximum Gasteiger partial charge on any atom is 0.240 e. The van der Waals surface area contributed by atoms with Crippen LogP contribution in [0.15, 0.2) is 16.7 Å². The summed E-state index contributed by atoms with van der Waals surface area (Å²) in [6.45, 7) is 2.43. The summed E-state index contributed by atoms with van der Waals surface area (Å²) >= 11 is 12.3. The lowest BCUT2D eigenvalue weighted by atomic mass is 10.1. The van der Waals surface area contributed by atoms with Crippen molar-refractivity contribution in [1.82, 2.24) is 15.0 Å². The zero-order chi connectivity index (χ0) is 15.9. The van der Waals surface area contributed by atoms with E-state index in [-0.39, 0.29) is 6.04 Å². The molecule has 1 aliphatic rings. The Bertz CT molecular complexity index is 689. The van der Waals surface area contributed by atoms with Crippen molar-refractivity contribution >= 4 is 23.2 Å². The van der Waals surface area contributed by atoms with Gasteiger partial charge in [-0.15, -0.1) is 0 Å². The Balaban J connectivity index is 1.85. The summed E-state index contributed by atoms with van der Waals surface area (Å²) in [5.41, 5.74) is 1.91. The normalized spacial score (nSPS) is 20.6. The number of hydrogen-bond donors (Lipinski definition) is 1. The molecule has 0 bridgehead atoms. The minimum atomic E-state index is -0.537. The van der Waals surface area contributed by atoms with Crippen LogP contribution < -0.4 is 0 Å². The Hall–Kier alpha value is -1.14. The van der Waals surface area contributed by atoms with Crippen molar-refractivity contribution in [2.24, 2.45) is 0 Å². The molecule has 2 aromatic rings. The fourth-order valence-electron chi connectivity index (χ4n) is 2.97. The second-order valence-electron chi connectivity index (χ2n) is 5.54. The summed E-state index contributed by atoms with van der Waals surface area (Å²) in [6.07, 6.45) is 0.710. The van der Waals surface area contributed by atoms with Gasteiger partial charge in [0.15, 0.2) is 5.82 Å². The lowest BCUT2D eigenvalue weighted by Crippen LogP contribution is -2.30. The van der Waals surface area contributed by atoms with E-state index in [4.69, 9.17) is 27.7 Å². The minimum Gasteiger partial charge on any atom is -0.391 e. The van der Waals surface area contributed by atoms with Crippen molar-refractivity contribution in [3.05, 3.63) is 45.0 Å². The highest BCUT2D eigenvalue weighted by Crippen LogP contribution is 2.41. The first-order valence-electron chi connectivity index (χ1n) is 7.17. The van der Waals surface area contributed by atoms with Gasteiger partial charge in [-0.05, 0) is 30.3 Å². The van der Waals surface area contributed by atoms with Crippen LogP contribution in [-0.2, 0) is 19.4 Å². The van der Waals surface area contributed by atoms with Gasteiger partial charge >= 0.3 is 0 Å². The molecule has 0 unspecified atom stereocenters. The lowest BCUT2D eigenvalue weighted by molar-refractivity contribution is 0.0667. The molecule has 118 valence electrons. The van der Waals surface area contributed by atoms with Crippen LogP contribution >= 0.6 is 23.2 Å². The predicted molar refractivity (Wildman–Crippen MR) is 84.1 cm³/mol. The number of aryl methyl sites for hydroxylation is 1. The van der Waals surface area contributed by atoms with Crippen LogP contribution in [0.3, 0.4) is 0 Å². The third-order valence-electron chi connectivity index (χ3n) is 3.98. The average Bonchev–Trinajstić information content (AvgIpc) is 3.02. The fourth-order valence-corrected chi connectivity index (χ4v) is 3.56. The summed E-state index contributed by atoms with van der Waals surface area (Å²) in [4.78, 5) is 6.29. The van der Waals surface area contributed by atoms with Crippen molar-refractivity contribution in [1.29, 1.82) is 0 Å². The number of aromatic nitrogens is 2. The monoisotopic (exact) mass is 341 g/mol. The van der Waals surface area contributed by atoms with Gasteiger partial charge in [0, 0.05) is 22.9 Å². The molecule has 22 heavy (non-hydrogen) atoms. The fraction of sp³-hybridized carbons (Fsp3) is 0.467. The molecule has 0 saturated heterocycles. The molecule has 2 atom stereocenters. The first kappa shape index (κ1) is 15.7. The van der Waals surface area contributed by atoms with Crippen LogP contribution in [-0.4, -0.2) is 33.3 Å². The maximum absolute atomic E-state index is 10.4. The second-order valence-corrected chi connectivity index (χ2v) is 6.39. The number of likely N-dealkylation sites (N-methyl/N-ethyl adjacent to an activating group) is 1. The van der Waals surface area contributed by atoms with Crippen LogP contribution in [0.5, 0.6) is 0 Å². The highest BCUT2D eigenvalue weighted by molar-refractivity contribution is 6.35. The van der Waals surface area contributed by atoms with Gasteiger partial charge in [0.2, 0.25) is 5.89 Å². The molecular formula is C15H17Cl2N3O2. The highest BCUT2D eigenvalue weighted by Gasteiger charge is 2.36. The second kappa shape index (κ2) is 6.16. The average molecular weight is 342 g/mol. The Morgan fingerprint density at radius 2 is 2.18 bits per heavy atom. The Morgan fingerprint density at radius 3 is 2.86 bits per heavy atom. The minimum absolute atomic E-state index is 0.192. The molecule has 1 aromatic heterocycles. The number of rotatable bonds is 4. The van der Waals surface area contributed by atoms with Gasteiger partial charge in [-0.3, -0.25) is 4.90 Å². The molecule has 1 heterocycles. The molecule has 1 aromatic carbocycles. The zero-order valence-corrected chi connectivity index (χ0v) is 13.9. The van der Waals surface area contributed by atoms with E-state index in [1.54, 1.807) is 6.07 Å². The number of nitrogens with zero attached hydrogens (tertiary/aromatic N) is 3. The molecular weight excluding hydrogens is 325 g/mol. The Morgan fingerprint density at radius 1 is 1.41 bits per heavy atom. The van der Waals surface area contributed by atoms with Crippen molar-refractivity contribution in [2.45, 2.75) is 38.5 Å². The van der Waals surface area contributed by atoms with Gasteiger partial charge < -0.3 is 9.63 Å². The van der Waals surface area contributed by atoms with Crippen molar-refractivity contribution in [2.75, 3.05) is 7.05 Å². The lowest BCUT2D eigenvalue weighted by Gasteiger charge is -2.26. The summed E-state index contributed by atoms with van der Waals surface area (Å²) in [5, 5.41) is 15.5. The van der Waals surface area contributed by atoms with E-state index in [0.29, 0.717) is 34.7 Å². The smallest absolute Gasteiger partial charge is 0.240 e. The molecule has 1 N–H and O–H groups in total. The molecule has 0 spiro atoms. The van der Waals surface area contributed by atoms with Gasteiger partial charge in [0.05, 0.1) is 18.7 Å². The third-order valence-corrected chi connectivity index (χ3v) is 4.53. The van der Waals surface area contributed by atoms with Crippen molar-refractivity contribution < 1.29 is 9.63 Å². The van der Waals surface area contributed by atoms with Gasteiger partial charge in [-0.2, -0.15) is 4.98 Å². The predicted octanol–water partition coefficient (Wildman–Crippen LogP) is 3.03. The summed E-state index contributed by atoms with van der Waals surface area (Å²) in [6, 6.07) is 3.39. The number of hydrogen-bond acceptors (Lipinski definition) is 5.